The van der Waals surface area contributed by atoms with Gasteiger partial charge in [0.15, 0.2) is 0 Å². The van der Waals surface area contributed by atoms with Crippen molar-refractivity contribution in [2.24, 2.45) is 0 Å². The van der Waals surface area contributed by atoms with E-state index in [1.807, 2.05) is 12.1 Å². The lowest BCUT2D eigenvalue weighted by atomic mass is 9.88. The Labute approximate surface area is 173 Å². The van der Waals surface area contributed by atoms with Crippen LogP contribution >= 0.6 is 0 Å². The van der Waals surface area contributed by atoms with Crippen LogP contribution in [0.4, 0.5) is 4.79 Å². The largest absolute Gasteiger partial charge is 0.497 e. The van der Waals surface area contributed by atoms with E-state index in [1.165, 1.54) is 29.5 Å². The molecular weight excluding hydrogens is 362 g/mol. The Morgan fingerprint density at radius 1 is 1.10 bits per heavy atom. The number of nitrogens with one attached hydrogen (secondary N) is 2. The second kappa shape index (κ2) is 9.31. The first kappa shape index (κ1) is 19.8. The molecule has 154 valence electrons. The predicted octanol–water partition coefficient (Wildman–Crippen LogP) is 4.21. The molecule has 4 rings (SSSR count). The van der Waals surface area contributed by atoms with Gasteiger partial charge >= 0.3 is 6.03 Å². The van der Waals surface area contributed by atoms with Crippen LogP contribution in [-0.4, -0.2) is 37.7 Å². The van der Waals surface area contributed by atoms with Gasteiger partial charge in [-0.15, -0.1) is 0 Å². The highest BCUT2D eigenvalue weighted by molar-refractivity contribution is 5.74. The van der Waals surface area contributed by atoms with Gasteiger partial charge in [0.2, 0.25) is 0 Å². The molecule has 0 saturated carbocycles. The third-order valence-corrected chi connectivity index (χ3v) is 6.21. The van der Waals surface area contributed by atoms with E-state index in [4.69, 9.17) is 4.74 Å². The first-order valence-corrected chi connectivity index (χ1v) is 10.7. The van der Waals surface area contributed by atoms with Crippen LogP contribution < -0.4 is 15.4 Å². The zero-order chi connectivity index (χ0) is 20.1. The molecule has 1 saturated heterocycles. The zero-order valence-corrected chi connectivity index (χ0v) is 17.2. The van der Waals surface area contributed by atoms with Crippen molar-refractivity contribution >= 4 is 6.03 Å². The second-order valence-electron chi connectivity index (χ2n) is 8.03. The number of benzene rings is 2. The summed E-state index contributed by atoms with van der Waals surface area (Å²) in [5, 5.41) is 6.34. The summed E-state index contributed by atoms with van der Waals surface area (Å²) in [6.07, 6.45) is 5.66. The van der Waals surface area contributed by atoms with Crippen molar-refractivity contribution < 1.29 is 9.53 Å². The summed E-state index contributed by atoms with van der Waals surface area (Å²) in [6, 6.07) is 16.9. The maximum absolute atomic E-state index is 12.7. The summed E-state index contributed by atoms with van der Waals surface area (Å²) in [5.74, 6) is 0.857. The number of rotatable bonds is 6. The molecule has 2 aromatic rings. The fraction of sp³-hybridized carbons (Fsp3) is 0.458. The van der Waals surface area contributed by atoms with E-state index in [2.05, 4.69) is 51.9 Å². The molecule has 1 fully saturated rings. The van der Waals surface area contributed by atoms with Crippen LogP contribution in [0.3, 0.4) is 0 Å². The molecule has 2 aliphatic rings. The number of methoxy groups -OCH3 is 1. The molecule has 29 heavy (non-hydrogen) atoms. The minimum atomic E-state index is -0.0792. The van der Waals surface area contributed by atoms with Gasteiger partial charge in [-0.2, -0.15) is 0 Å². The fourth-order valence-corrected chi connectivity index (χ4v) is 4.64. The fourth-order valence-electron chi connectivity index (χ4n) is 4.64. The number of ether oxygens (including phenoxy) is 1. The Balaban J connectivity index is 1.40. The van der Waals surface area contributed by atoms with Gasteiger partial charge < -0.3 is 15.4 Å². The van der Waals surface area contributed by atoms with Gasteiger partial charge in [-0.25, -0.2) is 4.79 Å². The summed E-state index contributed by atoms with van der Waals surface area (Å²) < 4.78 is 5.29. The summed E-state index contributed by atoms with van der Waals surface area (Å²) in [5.41, 5.74) is 3.84. The number of likely N-dealkylation sites (tertiary alicyclic amines) is 1. The second-order valence-corrected chi connectivity index (χ2v) is 8.03. The van der Waals surface area contributed by atoms with E-state index in [0.717, 1.165) is 38.1 Å². The predicted molar refractivity (Wildman–Crippen MR) is 115 cm³/mol. The molecule has 2 N–H and O–H groups in total. The Morgan fingerprint density at radius 3 is 2.62 bits per heavy atom. The SMILES string of the molecule is COc1ccc([C@@H](CNC(=O)N[C@H]2CCCc3ccccc32)N2CCCC2)cc1. The molecule has 2 aromatic carbocycles. The van der Waals surface area contributed by atoms with Gasteiger partial charge in [0.25, 0.3) is 0 Å². The highest BCUT2D eigenvalue weighted by atomic mass is 16.5. The van der Waals surface area contributed by atoms with Crippen molar-refractivity contribution in [3.05, 3.63) is 65.2 Å². The average Bonchev–Trinajstić information content (AvgIpc) is 3.29. The van der Waals surface area contributed by atoms with E-state index >= 15 is 0 Å². The maximum atomic E-state index is 12.7. The molecule has 1 aliphatic carbocycles. The number of carbonyl (C=O) groups excluding carboxylic acids is 1. The van der Waals surface area contributed by atoms with Gasteiger partial charge in [0, 0.05) is 6.54 Å². The highest BCUT2D eigenvalue weighted by Gasteiger charge is 2.25. The number of carbonyl (C=O) groups is 1. The lowest BCUT2D eigenvalue weighted by Gasteiger charge is -2.30. The minimum Gasteiger partial charge on any atom is -0.497 e. The van der Waals surface area contributed by atoms with Crippen molar-refractivity contribution in [3.8, 4) is 5.75 Å². The average molecular weight is 394 g/mol. The van der Waals surface area contributed by atoms with E-state index in [9.17, 15) is 4.79 Å². The van der Waals surface area contributed by atoms with Crippen LogP contribution in [0.1, 0.15) is 54.5 Å². The molecule has 0 aromatic heterocycles. The number of hydrogen-bond donors (Lipinski definition) is 2. The molecule has 0 radical (unpaired) electrons. The number of amides is 2. The first-order valence-electron chi connectivity index (χ1n) is 10.7. The number of hydrogen-bond acceptors (Lipinski definition) is 3. The van der Waals surface area contributed by atoms with E-state index in [1.54, 1.807) is 7.11 Å². The van der Waals surface area contributed by atoms with E-state index < -0.39 is 0 Å². The van der Waals surface area contributed by atoms with Crippen LogP contribution in [-0.2, 0) is 6.42 Å². The van der Waals surface area contributed by atoms with Gasteiger partial charge in [0.1, 0.15) is 5.75 Å². The molecule has 5 heteroatoms. The standard InChI is InChI=1S/C24H31N3O2/c1-29-20-13-11-19(12-14-20)23(27-15-4-5-16-27)17-25-24(28)26-22-10-6-8-18-7-2-3-9-21(18)22/h2-3,7,9,11-14,22-23H,4-6,8,10,15-17H2,1H3,(H2,25,26,28)/t22-,23+/m0/s1. The Morgan fingerprint density at radius 2 is 1.86 bits per heavy atom. The van der Waals surface area contributed by atoms with Crippen LogP contribution in [0, 0.1) is 0 Å². The Kier molecular flexibility index (Phi) is 6.35. The normalized spacial score (nSPS) is 20.0. The molecular formula is C24H31N3O2. The smallest absolute Gasteiger partial charge is 0.315 e. The third-order valence-electron chi connectivity index (χ3n) is 6.21. The lowest BCUT2D eigenvalue weighted by molar-refractivity contribution is 0.217. The number of aryl methyl sites for hydroxylation is 1. The van der Waals surface area contributed by atoms with Gasteiger partial charge in [-0.3, -0.25) is 4.90 Å². The van der Waals surface area contributed by atoms with Crippen LogP contribution in [0.15, 0.2) is 48.5 Å². The maximum Gasteiger partial charge on any atom is 0.315 e. The van der Waals surface area contributed by atoms with Crippen molar-refractivity contribution in [1.82, 2.24) is 15.5 Å². The minimum absolute atomic E-state index is 0.0792. The summed E-state index contributed by atoms with van der Waals surface area (Å²) in [6.45, 7) is 2.76. The topological polar surface area (TPSA) is 53.6 Å². The van der Waals surface area contributed by atoms with Crippen molar-refractivity contribution in [2.75, 3.05) is 26.7 Å². The molecule has 0 bridgehead atoms. The molecule has 1 aliphatic heterocycles. The molecule has 0 unspecified atom stereocenters. The quantitative estimate of drug-likeness (QED) is 0.773. The Bertz CT molecular complexity index is 815. The van der Waals surface area contributed by atoms with Crippen molar-refractivity contribution in [2.45, 2.75) is 44.2 Å². The van der Waals surface area contributed by atoms with Crippen molar-refractivity contribution in [1.29, 1.82) is 0 Å². The van der Waals surface area contributed by atoms with Crippen molar-refractivity contribution in [3.63, 3.8) is 0 Å². The van der Waals surface area contributed by atoms with Crippen LogP contribution in [0.25, 0.3) is 0 Å². The van der Waals surface area contributed by atoms with E-state index in [-0.39, 0.29) is 18.1 Å². The van der Waals surface area contributed by atoms with Gasteiger partial charge in [0.05, 0.1) is 19.2 Å². The third kappa shape index (κ3) is 4.73. The van der Waals surface area contributed by atoms with E-state index in [0.29, 0.717) is 6.54 Å². The molecule has 2 amide bonds. The number of nitrogens with zero attached hydrogens (tertiary/aromatic N) is 1. The van der Waals surface area contributed by atoms with Crippen LogP contribution in [0.5, 0.6) is 5.75 Å². The van der Waals surface area contributed by atoms with Gasteiger partial charge in [-0.1, -0.05) is 36.4 Å². The molecule has 2 atom stereocenters. The first-order chi connectivity index (χ1) is 14.2. The summed E-state index contributed by atoms with van der Waals surface area (Å²) in [7, 11) is 1.68. The molecule has 1 heterocycles. The van der Waals surface area contributed by atoms with Crippen LogP contribution in [0.2, 0.25) is 0 Å². The lowest BCUT2D eigenvalue weighted by Crippen LogP contribution is -2.43. The highest BCUT2D eigenvalue weighted by Crippen LogP contribution is 2.29. The zero-order valence-electron chi connectivity index (χ0n) is 17.2. The number of urea groups is 1. The summed E-state index contributed by atoms with van der Waals surface area (Å²) in [4.78, 5) is 15.2. The molecule has 0 spiro atoms. The summed E-state index contributed by atoms with van der Waals surface area (Å²) >= 11 is 0. The molecule has 5 nitrogen and oxygen atoms in total. The monoisotopic (exact) mass is 393 g/mol. The Hall–Kier alpha value is -2.53. The number of fused-ring (bicyclic) bond motifs is 1. The van der Waals surface area contributed by atoms with Gasteiger partial charge in [-0.05, 0) is 74.0 Å².